The number of rotatable bonds is 2. The van der Waals surface area contributed by atoms with Crippen LogP contribution >= 0.6 is 0 Å². The average Bonchev–Trinajstić information content (AvgIpc) is 2.16. The quantitative estimate of drug-likeness (QED) is 0.488. The zero-order valence-corrected chi connectivity index (χ0v) is 7.72. The van der Waals surface area contributed by atoms with Gasteiger partial charge >= 0.3 is 5.97 Å². The molecule has 0 aliphatic heterocycles. The summed E-state index contributed by atoms with van der Waals surface area (Å²) in [5.41, 5.74) is 0. The van der Waals surface area contributed by atoms with Gasteiger partial charge in [0, 0.05) is 19.5 Å². The molecule has 0 fully saturated rings. The van der Waals surface area contributed by atoms with Crippen LogP contribution in [0.1, 0.15) is 13.3 Å². The Morgan fingerprint density at radius 1 is 1.58 bits per heavy atom. The number of esters is 1. The lowest BCUT2D eigenvalue weighted by Gasteiger charge is -1.87. The van der Waals surface area contributed by atoms with E-state index in [9.17, 15) is 9.59 Å². The Hall–Kier alpha value is -1.32. The summed E-state index contributed by atoms with van der Waals surface area (Å²) in [5.74, 6) is -0.301. The van der Waals surface area contributed by atoms with Crippen molar-refractivity contribution in [3.05, 3.63) is 12.7 Å². The van der Waals surface area contributed by atoms with E-state index in [0.717, 1.165) is 6.08 Å². The highest BCUT2D eigenvalue weighted by atomic mass is 16.5. The first kappa shape index (κ1) is 13.3. The van der Waals surface area contributed by atoms with Crippen molar-refractivity contribution in [2.45, 2.75) is 13.3 Å². The van der Waals surface area contributed by atoms with Crippen molar-refractivity contribution < 1.29 is 14.3 Å². The molecule has 1 N–H and O–H groups in total. The van der Waals surface area contributed by atoms with Crippen molar-refractivity contribution in [1.29, 1.82) is 0 Å². The van der Waals surface area contributed by atoms with E-state index < -0.39 is 5.97 Å². The molecule has 0 aromatic rings. The summed E-state index contributed by atoms with van der Waals surface area (Å²) in [6.07, 6.45) is 1.69. The summed E-state index contributed by atoms with van der Waals surface area (Å²) in [4.78, 5) is 19.9. The minimum absolute atomic E-state index is 0.0926. The van der Waals surface area contributed by atoms with Gasteiger partial charge < -0.3 is 10.1 Å². The van der Waals surface area contributed by atoms with Gasteiger partial charge in [-0.2, -0.15) is 0 Å². The van der Waals surface area contributed by atoms with Gasteiger partial charge in [0.05, 0.1) is 7.11 Å². The van der Waals surface area contributed by atoms with Crippen LogP contribution in [0.3, 0.4) is 0 Å². The van der Waals surface area contributed by atoms with Crippen LogP contribution < -0.4 is 5.32 Å². The molecule has 4 nitrogen and oxygen atoms in total. The maximum atomic E-state index is 10.1. The Morgan fingerprint density at radius 2 is 2.08 bits per heavy atom. The molecule has 0 aliphatic rings. The Kier molecular flexibility index (Phi) is 10.7. The smallest absolute Gasteiger partial charge is 0.329 e. The third kappa shape index (κ3) is 11.5. The summed E-state index contributed by atoms with van der Waals surface area (Å²) in [6.45, 7) is 4.98. The van der Waals surface area contributed by atoms with E-state index in [-0.39, 0.29) is 5.91 Å². The maximum absolute atomic E-state index is 10.1. The fraction of sp³-hybridized carbons (Fsp3) is 0.500. The van der Waals surface area contributed by atoms with E-state index >= 15 is 0 Å². The van der Waals surface area contributed by atoms with Gasteiger partial charge in [0.25, 0.3) is 0 Å². The number of carbonyl (C=O) groups excluding carboxylic acids is 2. The first-order valence-electron chi connectivity index (χ1n) is 3.53. The van der Waals surface area contributed by atoms with Crippen molar-refractivity contribution in [3.63, 3.8) is 0 Å². The third-order valence-electron chi connectivity index (χ3n) is 0.968. The Balaban J connectivity index is 0. The molecule has 0 aromatic heterocycles. The first-order chi connectivity index (χ1) is 5.62. The molecular formula is C8H15NO3. The second-order valence-electron chi connectivity index (χ2n) is 1.75. The highest BCUT2D eigenvalue weighted by Gasteiger charge is 1.84. The van der Waals surface area contributed by atoms with Crippen LogP contribution in [0.5, 0.6) is 0 Å². The van der Waals surface area contributed by atoms with Crippen molar-refractivity contribution in [3.8, 4) is 0 Å². The van der Waals surface area contributed by atoms with Crippen LogP contribution in [-0.2, 0) is 14.3 Å². The second kappa shape index (κ2) is 9.68. The van der Waals surface area contributed by atoms with Crippen LogP contribution in [-0.4, -0.2) is 26.0 Å². The zero-order chi connectivity index (χ0) is 9.98. The molecule has 0 radical (unpaired) electrons. The SMILES string of the molecule is C=CC(=O)OC.CCC(=O)NC. The fourth-order valence-electron chi connectivity index (χ4n) is 0.260. The molecule has 1 amide bonds. The van der Waals surface area contributed by atoms with Crippen molar-refractivity contribution >= 4 is 11.9 Å². The molecule has 0 aliphatic carbocycles. The highest BCUT2D eigenvalue weighted by Crippen LogP contribution is 1.68. The monoisotopic (exact) mass is 173 g/mol. The van der Waals surface area contributed by atoms with Crippen LogP contribution in [0.2, 0.25) is 0 Å². The lowest BCUT2D eigenvalue weighted by molar-refractivity contribution is -0.134. The van der Waals surface area contributed by atoms with Crippen LogP contribution in [0.4, 0.5) is 0 Å². The van der Waals surface area contributed by atoms with Gasteiger partial charge in [-0.15, -0.1) is 0 Å². The van der Waals surface area contributed by atoms with Crippen molar-refractivity contribution in [2.24, 2.45) is 0 Å². The number of methoxy groups -OCH3 is 1. The van der Waals surface area contributed by atoms with Gasteiger partial charge in [0.1, 0.15) is 0 Å². The molecule has 0 saturated heterocycles. The zero-order valence-electron chi connectivity index (χ0n) is 7.72. The van der Waals surface area contributed by atoms with Crippen LogP contribution in [0.25, 0.3) is 0 Å². The summed E-state index contributed by atoms with van der Waals surface area (Å²) in [5, 5.41) is 2.48. The number of amides is 1. The number of nitrogens with one attached hydrogen (secondary N) is 1. The molecule has 0 heterocycles. The first-order valence-corrected chi connectivity index (χ1v) is 3.53. The van der Waals surface area contributed by atoms with E-state index in [2.05, 4.69) is 16.6 Å². The molecule has 0 atom stereocenters. The van der Waals surface area contributed by atoms with Gasteiger partial charge in [-0.25, -0.2) is 4.79 Å². The van der Waals surface area contributed by atoms with Gasteiger partial charge in [0.2, 0.25) is 5.91 Å². The summed E-state index contributed by atoms with van der Waals surface area (Å²) < 4.78 is 4.14. The molecule has 0 unspecified atom stereocenters. The minimum Gasteiger partial charge on any atom is -0.466 e. The Labute approximate surface area is 72.6 Å². The molecule has 0 aromatic carbocycles. The lowest BCUT2D eigenvalue weighted by Crippen LogP contribution is -2.15. The van der Waals surface area contributed by atoms with Crippen molar-refractivity contribution in [1.82, 2.24) is 5.32 Å². The van der Waals surface area contributed by atoms with Gasteiger partial charge in [-0.3, -0.25) is 4.79 Å². The molecule has 0 saturated carbocycles. The number of carbonyl (C=O) groups is 2. The third-order valence-corrected chi connectivity index (χ3v) is 0.968. The molecule has 0 bridgehead atoms. The summed E-state index contributed by atoms with van der Waals surface area (Å²) in [7, 11) is 2.94. The molecular weight excluding hydrogens is 158 g/mol. The topological polar surface area (TPSA) is 55.4 Å². The highest BCUT2D eigenvalue weighted by molar-refractivity contribution is 5.80. The molecule has 12 heavy (non-hydrogen) atoms. The number of ether oxygens (including phenoxy) is 1. The summed E-state index contributed by atoms with van der Waals surface area (Å²) in [6, 6.07) is 0. The number of hydrogen-bond donors (Lipinski definition) is 1. The van der Waals surface area contributed by atoms with E-state index in [1.54, 1.807) is 7.05 Å². The van der Waals surface area contributed by atoms with E-state index in [0.29, 0.717) is 6.42 Å². The molecule has 70 valence electrons. The average molecular weight is 173 g/mol. The van der Waals surface area contributed by atoms with E-state index in [1.165, 1.54) is 7.11 Å². The van der Waals surface area contributed by atoms with Crippen LogP contribution in [0, 0.1) is 0 Å². The van der Waals surface area contributed by atoms with E-state index in [1.807, 2.05) is 6.92 Å². The predicted molar refractivity (Wildman–Crippen MR) is 46.6 cm³/mol. The Morgan fingerprint density at radius 3 is 2.08 bits per heavy atom. The Bertz CT molecular complexity index is 148. The normalized spacial score (nSPS) is 7.25. The van der Waals surface area contributed by atoms with E-state index in [4.69, 9.17) is 0 Å². The van der Waals surface area contributed by atoms with Gasteiger partial charge in [-0.1, -0.05) is 13.5 Å². The maximum Gasteiger partial charge on any atom is 0.329 e. The molecule has 4 heteroatoms. The molecule has 0 rings (SSSR count). The summed E-state index contributed by atoms with van der Waals surface area (Å²) >= 11 is 0. The second-order valence-corrected chi connectivity index (χ2v) is 1.75. The van der Waals surface area contributed by atoms with Crippen molar-refractivity contribution in [2.75, 3.05) is 14.2 Å². The fourth-order valence-corrected chi connectivity index (χ4v) is 0.260. The predicted octanol–water partition coefficient (Wildman–Crippen LogP) is 0.488. The lowest BCUT2D eigenvalue weighted by atomic mass is 10.5. The minimum atomic E-state index is -0.394. The van der Waals surface area contributed by atoms with Gasteiger partial charge in [0.15, 0.2) is 0 Å². The largest absolute Gasteiger partial charge is 0.466 e. The number of hydrogen-bond acceptors (Lipinski definition) is 3. The van der Waals surface area contributed by atoms with Gasteiger partial charge in [-0.05, 0) is 0 Å². The standard InChI is InChI=1S/C4H9NO.C4H6O2/c1-3-4(6)5-2;1-3-4(5)6-2/h3H2,1-2H3,(H,5,6);3H,1H2,2H3. The molecule has 0 spiro atoms. The van der Waals surface area contributed by atoms with Crippen LogP contribution in [0.15, 0.2) is 12.7 Å².